The predicted molar refractivity (Wildman–Crippen MR) is 85.7 cm³/mol. The number of esters is 1. The summed E-state index contributed by atoms with van der Waals surface area (Å²) >= 11 is 0. The molecule has 0 aliphatic rings. The first-order valence-corrected chi connectivity index (χ1v) is 7.75. The maximum Gasteiger partial charge on any atom is 0.306 e. The van der Waals surface area contributed by atoms with Crippen molar-refractivity contribution in [1.29, 1.82) is 0 Å². The molecule has 0 bridgehead atoms. The fraction of sp³-hybridized carbons (Fsp3) is 0.588. The summed E-state index contributed by atoms with van der Waals surface area (Å²) < 4.78 is 10.4. The van der Waals surface area contributed by atoms with Gasteiger partial charge >= 0.3 is 5.97 Å². The van der Waals surface area contributed by atoms with Crippen LogP contribution in [0, 0.1) is 5.92 Å². The standard InChI is InChI=1S/C17H27NO4/c1-4-21-16(20)10-7-13-5-8-14(9-6-13)22-11-15(19)17(18)12(2)3/h5-6,8-9,12,15,17,19H,4,7,10-11,18H2,1-3H3. The number of aryl methyl sites for hydroxylation is 1. The zero-order valence-corrected chi connectivity index (χ0v) is 13.6. The molecular formula is C17H27NO4. The molecule has 0 amide bonds. The Labute approximate surface area is 132 Å². The molecule has 0 aliphatic heterocycles. The Bertz CT molecular complexity index is 444. The number of rotatable bonds is 9. The summed E-state index contributed by atoms with van der Waals surface area (Å²) in [4.78, 5) is 11.3. The molecule has 1 aromatic carbocycles. The van der Waals surface area contributed by atoms with Gasteiger partial charge in [-0.25, -0.2) is 0 Å². The van der Waals surface area contributed by atoms with Gasteiger partial charge in [0.1, 0.15) is 18.5 Å². The third-order valence-electron chi connectivity index (χ3n) is 3.48. The van der Waals surface area contributed by atoms with Gasteiger partial charge in [-0.3, -0.25) is 4.79 Å². The van der Waals surface area contributed by atoms with E-state index in [0.29, 0.717) is 25.2 Å². The molecule has 0 saturated carbocycles. The molecule has 1 aromatic rings. The number of aliphatic hydroxyl groups is 1. The molecule has 0 fully saturated rings. The molecule has 2 unspecified atom stereocenters. The lowest BCUT2D eigenvalue weighted by Crippen LogP contribution is -2.42. The van der Waals surface area contributed by atoms with Gasteiger partial charge in [-0.15, -0.1) is 0 Å². The fourth-order valence-corrected chi connectivity index (χ4v) is 1.97. The summed E-state index contributed by atoms with van der Waals surface area (Å²) in [6.45, 7) is 6.30. The van der Waals surface area contributed by atoms with Gasteiger partial charge in [-0.05, 0) is 37.0 Å². The van der Waals surface area contributed by atoms with Crippen molar-refractivity contribution >= 4 is 5.97 Å². The van der Waals surface area contributed by atoms with Crippen molar-refractivity contribution in [3.8, 4) is 5.75 Å². The minimum absolute atomic E-state index is 0.168. The van der Waals surface area contributed by atoms with E-state index >= 15 is 0 Å². The first-order valence-electron chi connectivity index (χ1n) is 7.75. The van der Waals surface area contributed by atoms with Gasteiger partial charge in [0.2, 0.25) is 0 Å². The van der Waals surface area contributed by atoms with Crippen LogP contribution in [0.15, 0.2) is 24.3 Å². The minimum Gasteiger partial charge on any atom is -0.491 e. The molecule has 0 radical (unpaired) electrons. The highest BCUT2D eigenvalue weighted by atomic mass is 16.5. The van der Waals surface area contributed by atoms with Crippen molar-refractivity contribution in [2.45, 2.75) is 45.8 Å². The van der Waals surface area contributed by atoms with Crippen LogP contribution >= 0.6 is 0 Å². The lowest BCUT2D eigenvalue weighted by atomic mass is 10.0. The third-order valence-corrected chi connectivity index (χ3v) is 3.48. The monoisotopic (exact) mass is 309 g/mol. The Kier molecular flexibility index (Phi) is 7.91. The van der Waals surface area contributed by atoms with Crippen LogP contribution in [0.1, 0.15) is 32.8 Å². The van der Waals surface area contributed by atoms with E-state index in [9.17, 15) is 9.90 Å². The molecule has 0 saturated heterocycles. The highest BCUT2D eigenvalue weighted by Crippen LogP contribution is 2.15. The average molecular weight is 309 g/mol. The second-order valence-electron chi connectivity index (χ2n) is 5.65. The Morgan fingerprint density at radius 3 is 2.45 bits per heavy atom. The van der Waals surface area contributed by atoms with E-state index in [4.69, 9.17) is 15.2 Å². The van der Waals surface area contributed by atoms with Crippen LogP contribution in [-0.4, -0.2) is 36.4 Å². The summed E-state index contributed by atoms with van der Waals surface area (Å²) in [5.74, 6) is 0.687. The zero-order valence-electron chi connectivity index (χ0n) is 13.6. The smallest absolute Gasteiger partial charge is 0.306 e. The topological polar surface area (TPSA) is 81.8 Å². The number of carbonyl (C=O) groups is 1. The van der Waals surface area contributed by atoms with Crippen molar-refractivity contribution in [3.05, 3.63) is 29.8 Å². The number of benzene rings is 1. The maximum absolute atomic E-state index is 11.3. The van der Waals surface area contributed by atoms with E-state index in [-0.39, 0.29) is 24.5 Å². The van der Waals surface area contributed by atoms with Crippen LogP contribution in [0.25, 0.3) is 0 Å². The molecule has 0 aliphatic carbocycles. The summed E-state index contributed by atoms with van der Waals surface area (Å²) in [5, 5.41) is 9.90. The van der Waals surface area contributed by atoms with Crippen LogP contribution in [0.5, 0.6) is 5.75 Å². The number of carbonyl (C=O) groups excluding carboxylic acids is 1. The Hall–Kier alpha value is -1.59. The number of ether oxygens (including phenoxy) is 2. The average Bonchev–Trinajstić information content (AvgIpc) is 2.51. The Morgan fingerprint density at radius 1 is 1.27 bits per heavy atom. The molecule has 1 rings (SSSR count). The molecule has 22 heavy (non-hydrogen) atoms. The highest BCUT2D eigenvalue weighted by molar-refractivity contribution is 5.69. The van der Waals surface area contributed by atoms with E-state index < -0.39 is 6.10 Å². The van der Waals surface area contributed by atoms with Crippen molar-refractivity contribution in [3.63, 3.8) is 0 Å². The third kappa shape index (κ3) is 6.45. The summed E-state index contributed by atoms with van der Waals surface area (Å²) in [5.41, 5.74) is 6.91. The van der Waals surface area contributed by atoms with E-state index in [1.165, 1.54) is 0 Å². The van der Waals surface area contributed by atoms with E-state index in [1.54, 1.807) is 6.92 Å². The van der Waals surface area contributed by atoms with Crippen molar-refractivity contribution in [1.82, 2.24) is 0 Å². The van der Waals surface area contributed by atoms with Gasteiger partial charge in [0.25, 0.3) is 0 Å². The van der Waals surface area contributed by atoms with Gasteiger partial charge in [0.05, 0.1) is 6.61 Å². The van der Waals surface area contributed by atoms with Crippen molar-refractivity contribution < 1.29 is 19.4 Å². The number of hydrogen-bond acceptors (Lipinski definition) is 5. The van der Waals surface area contributed by atoms with Crippen molar-refractivity contribution in [2.75, 3.05) is 13.2 Å². The number of hydrogen-bond donors (Lipinski definition) is 2. The highest BCUT2D eigenvalue weighted by Gasteiger charge is 2.18. The van der Waals surface area contributed by atoms with Gasteiger partial charge in [0, 0.05) is 12.5 Å². The van der Waals surface area contributed by atoms with Crippen LogP contribution in [0.4, 0.5) is 0 Å². The fourth-order valence-electron chi connectivity index (χ4n) is 1.97. The summed E-state index contributed by atoms with van der Waals surface area (Å²) in [6.07, 6.45) is 0.319. The molecular weight excluding hydrogens is 282 g/mol. The molecule has 0 heterocycles. The van der Waals surface area contributed by atoms with Crippen LogP contribution in [-0.2, 0) is 16.0 Å². The van der Waals surface area contributed by atoms with Crippen LogP contribution < -0.4 is 10.5 Å². The van der Waals surface area contributed by atoms with Gasteiger partial charge in [-0.1, -0.05) is 26.0 Å². The lowest BCUT2D eigenvalue weighted by Gasteiger charge is -2.22. The van der Waals surface area contributed by atoms with Gasteiger partial charge in [0.15, 0.2) is 0 Å². The lowest BCUT2D eigenvalue weighted by molar-refractivity contribution is -0.143. The number of aliphatic hydroxyl groups excluding tert-OH is 1. The Morgan fingerprint density at radius 2 is 1.91 bits per heavy atom. The SMILES string of the molecule is CCOC(=O)CCc1ccc(OCC(O)C(N)C(C)C)cc1. The Balaban J connectivity index is 2.40. The molecule has 5 nitrogen and oxygen atoms in total. The molecule has 0 spiro atoms. The first-order chi connectivity index (χ1) is 10.4. The minimum atomic E-state index is -0.691. The summed E-state index contributed by atoms with van der Waals surface area (Å²) in [7, 11) is 0. The van der Waals surface area contributed by atoms with Gasteiger partial charge < -0.3 is 20.3 Å². The maximum atomic E-state index is 11.3. The molecule has 0 aromatic heterocycles. The van der Waals surface area contributed by atoms with E-state index in [0.717, 1.165) is 5.56 Å². The zero-order chi connectivity index (χ0) is 16.5. The molecule has 2 atom stereocenters. The quantitative estimate of drug-likeness (QED) is 0.681. The second-order valence-corrected chi connectivity index (χ2v) is 5.65. The van der Waals surface area contributed by atoms with Crippen LogP contribution in [0.2, 0.25) is 0 Å². The second kappa shape index (κ2) is 9.43. The molecule has 5 heteroatoms. The van der Waals surface area contributed by atoms with Crippen LogP contribution in [0.3, 0.4) is 0 Å². The largest absolute Gasteiger partial charge is 0.491 e. The van der Waals surface area contributed by atoms with Gasteiger partial charge in [-0.2, -0.15) is 0 Å². The van der Waals surface area contributed by atoms with Crippen molar-refractivity contribution in [2.24, 2.45) is 11.7 Å². The summed E-state index contributed by atoms with van der Waals surface area (Å²) in [6, 6.07) is 7.17. The van der Waals surface area contributed by atoms with E-state index in [1.807, 2.05) is 38.1 Å². The first kappa shape index (κ1) is 18.5. The number of nitrogens with two attached hydrogens (primary N) is 1. The predicted octanol–water partition coefficient (Wildman–Crippen LogP) is 1.91. The normalized spacial score (nSPS) is 13.7. The van der Waals surface area contributed by atoms with E-state index in [2.05, 4.69) is 0 Å². The molecule has 3 N–H and O–H groups in total. The molecule has 124 valence electrons.